The maximum atomic E-state index is 11.3. The van der Waals surface area contributed by atoms with Crippen molar-refractivity contribution in [3.05, 3.63) is 29.8 Å². The van der Waals surface area contributed by atoms with E-state index < -0.39 is 10.0 Å². The summed E-state index contributed by atoms with van der Waals surface area (Å²) in [5, 5.41) is 3.40. The summed E-state index contributed by atoms with van der Waals surface area (Å²) in [5.41, 5.74) is 1.43. The Bertz CT molecular complexity index is 583. The molecule has 0 bridgehead atoms. The van der Waals surface area contributed by atoms with Crippen molar-refractivity contribution >= 4 is 15.7 Å². The number of methoxy groups -OCH3 is 1. The van der Waals surface area contributed by atoms with Crippen molar-refractivity contribution in [1.82, 2.24) is 5.32 Å². The number of rotatable bonds is 7. The van der Waals surface area contributed by atoms with Crippen LogP contribution in [-0.2, 0) is 26.0 Å². The molecule has 2 N–H and O–H groups in total. The van der Waals surface area contributed by atoms with Gasteiger partial charge in [0.2, 0.25) is 10.0 Å². The zero-order valence-electron chi connectivity index (χ0n) is 13.1. The molecule has 0 aromatic heterocycles. The third-order valence-corrected chi connectivity index (χ3v) is 4.45. The number of sulfonamides is 1. The van der Waals surface area contributed by atoms with Crippen LogP contribution in [0.2, 0.25) is 0 Å². The molecule has 0 saturated carbocycles. The monoisotopic (exact) mass is 328 g/mol. The van der Waals surface area contributed by atoms with Crippen molar-refractivity contribution in [3.63, 3.8) is 0 Å². The molecule has 124 valence electrons. The molecule has 1 aromatic carbocycles. The topological polar surface area (TPSA) is 76.7 Å². The molecule has 7 heteroatoms. The average molecular weight is 328 g/mol. The summed E-state index contributed by atoms with van der Waals surface area (Å²) in [5.74, 6) is 0. The van der Waals surface area contributed by atoms with Crippen molar-refractivity contribution in [1.29, 1.82) is 0 Å². The zero-order chi connectivity index (χ0) is 16.1. The van der Waals surface area contributed by atoms with E-state index in [0.29, 0.717) is 12.2 Å². The van der Waals surface area contributed by atoms with Crippen LogP contribution in [0.25, 0.3) is 0 Å². The van der Waals surface area contributed by atoms with Crippen molar-refractivity contribution in [2.45, 2.75) is 25.0 Å². The SMILES string of the molecule is COC1(CNCc2cccc(NS(C)(=O)=O)c2)CCOCC1. The highest BCUT2D eigenvalue weighted by molar-refractivity contribution is 7.92. The van der Waals surface area contributed by atoms with E-state index in [1.165, 1.54) is 0 Å². The largest absolute Gasteiger partial charge is 0.381 e. The lowest BCUT2D eigenvalue weighted by atomic mass is 9.94. The Morgan fingerprint density at radius 2 is 2.05 bits per heavy atom. The third kappa shape index (κ3) is 5.24. The molecule has 1 fully saturated rings. The van der Waals surface area contributed by atoms with E-state index in [0.717, 1.165) is 44.4 Å². The number of hydrogen-bond donors (Lipinski definition) is 2. The number of anilines is 1. The summed E-state index contributed by atoms with van der Waals surface area (Å²) in [4.78, 5) is 0. The molecule has 0 atom stereocenters. The van der Waals surface area contributed by atoms with Gasteiger partial charge in [0.15, 0.2) is 0 Å². The quantitative estimate of drug-likeness (QED) is 0.790. The van der Waals surface area contributed by atoms with E-state index in [1.807, 2.05) is 18.2 Å². The van der Waals surface area contributed by atoms with Crippen molar-refractivity contribution in [3.8, 4) is 0 Å². The van der Waals surface area contributed by atoms with Gasteiger partial charge in [0.1, 0.15) is 0 Å². The molecule has 1 aliphatic rings. The molecule has 0 aliphatic carbocycles. The zero-order valence-corrected chi connectivity index (χ0v) is 13.9. The maximum absolute atomic E-state index is 11.3. The second kappa shape index (κ2) is 7.41. The fraction of sp³-hybridized carbons (Fsp3) is 0.600. The predicted octanol–water partition coefficient (Wildman–Crippen LogP) is 1.34. The van der Waals surface area contributed by atoms with E-state index in [4.69, 9.17) is 9.47 Å². The van der Waals surface area contributed by atoms with E-state index in [1.54, 1.807) is 13.2 Å². The van der Waals surface area contributed by atoms with Crippen molar-refractivity contribution in [2.24, 2.45) is 0 Å². The van der Waals surface area contributed by atoms with Gasteiger partial charge in [-0.2, -0.15) is 0 Å². The van der Waals surface area contributed by atoms with Gasteiger partial charge in [-0.15, -0.1) is 0 Å². The maximum Gasteiger partial charge on any atom is 0.229 e. The van der Waals surface area contributed by atoms with E-state index in [2.05, 4.69) is 10.0 Å². The standard InChI is InChI=1S/C15H24N2O4S/c1-20-15(6-8-21-9-7-15)12-16-11-13-4-3-5-14(10-13)17-22(2,18)19/h3-5,10,16-17H,6-9,11-12H2,1-2H3. The fourth-order valence-corrected chi connectivity index (χ4v) is 3.15. The van der Waals surface area contributed by atoms with E-state index in [9.17, 15) is 8.42 Å². The third-order valence-electron chi connectivity index (χ3n) is 3.84. The Kier molecular flexibility index (Phi) is 5.80. The molecule has 0 radical (unpaired) electrons. The normalized spacial score (nSPS) is 18.1. The predicted molar refractivity (Wildman–Crippen MR) is 86.4 cm³/mol. The van der Waals surface area contributed by atoms with Gasteiger partial charge in [-0.3, -0.25) is 4.72 Å². The second-order valence-electron chi connectivity index (χ2n) is 5.68. The molecule has 6 nitrogen and oxygen atoms in total. The van der Waals surface area contributed by atoms with Crippen LogP contribution < -0.4 is 10.0 Å². The Morgan fingerprint density at radius 3 is 2.68 bits per heavy atom. The fourth-order valence-electron chi connectivity index (χ4n) is 2.59. The van der Waals surface area contributed by atoms with E-state index >= 15 is 0 Å². The Morgan fingerprint density at radius 1 is 1.32 bits per heavy atom. The van der Waals surface area contributed by atoms with Gasteiger partial charge in [0, 0.05) is 51.9 Å². The molecular formula is C15H24N2O4S. The minimum atomic E-state index is -3.25. The number of nitrogens with one attached hydrogen (secondary N) is 2. The van der Waals surface area contributed by atoms with Gasteiger partial charge in [0.05, 0.1) is 11.9 Å². The highest BCUT2D eigenvalue weighted by atomic mass is 32.2. The van der Waals surface area contributed by atoms with Gasteiger partial charge in [-0.1, -0.05) is 12.1 Å². The van der Waals surface area contributed by atoms with Gasteiger partial charge >= 0.3 is 0 Å². The van der Waals surface area contributed by atoms with Crippen LogP contribution in [-0.4, -0.2) is 47.1 Å². The molecule has 2 rings (SSSR count). The first-order valence-corrected chi connectivity index (χ1v) is 9.22. The van der Waals surface area contributed by atoms with Crippen LogP contribution >= 0.6 is 0 Å². The summed E-state index contributed by atoms with van der Waals surface area (Å²) in [6.45, 7) is 2.86. The number of ether oxygens (including phenoxy) is 2. The molecule has 1 heterocycles. The highest BCUT2D eigenvalue weighted by Gasteiger charge is 2.31. The van der Waals surface area contributed by atoms with Gasteiger partial charge in [-0.25, -0.2) is 8.42 Å². The Hall–Kier alpha value is -1.15. The van der Waals surface area contributed by atoms with Gasteiger partial charge in [-0.05, 0) is 17.7 Å². The van der Waals surface area contributed by atoms with Crippen LogP contribution in [0.3, 0.4) is 0 Å². The Labute approximate surface area is 132 Å². The van der Waals surface area contributed by atoms with Crippen LogP contribution in [0.1, 0.15) is 18.4 Å². The lowest BCUT2D eigenvalue weighted by molar-refractivity contribution is -0.0877. The van der Waals surface area contributed by atoms with Gasteiger partial charge < -0.3 is 14.8 Å². The first-order valence-electron chi connectivity index (χ1n) is 7.33. The summed E-state index contributed by atoms with van der Waals surface area (Å²) in [6.07, 6.45) is 2.91. The first-order chi connectivity index (χ1) is 10.4. The molecule has 1 saturated heterocycles. The smallest absolute Gasteiger partial charge is 0.229 e. The number of benzene rings is 1. The molecule has 1 aliphatic heterocycles. The molecular weight excluding hydrogens is 304 g/mol. The lowest BCUT2D eigenvalue weighted by Gasteiger charge is -2.36. The molecule has 1 aromatic rings. The Balaban J connectivity index is 1.90. The summed E-state index contributed by atoms with van der Waals surface area (Å²) in [6, 6.07) is 7.37. The highest BCUT2D eigenvalue weighted by Crippen LogP contribution is 2.23. The summed E-state index contributed by atoms with van der Waals surface area (Å²) < 4.78 is 36.1. The summed E-state index contributed by atoms with van der Waals surface area (Å²) in [7, 11) is -1.51. The average Bonchev–Trinajstić information content (AvgIpc) is 2.47. The number of hydrogen-bond acceptors (Lipinski definition) is 5. The minimum absolute atomic E-state index is 0.166. The van der Waals surface area contributed by atoms with Crippen LogP contribution in [0.4, 0.5) is 5.69 Å². The van der Waals surface area contributed by atoms with Crippen LogP contribution in [0.5, 0.6) is 0 Å². The summed E-state index contributed by atoms with van der Waals surface area (Å²) >= 11 is 0. The second-order valence-corrected chi connectivity index (χ2v) is 7.43. The van der Waals surface area contributed by atoms with Gasteiger partial charge in [0.25, 0.3) is 0 Å². The molecule has 0 spiro atoms. The van der Waals surface area contributed by atoms with E-state index in [-0.39, 0.29) is 5.60 Å². The van der Waals surface area contributed by atoms with Crippen molar-refractivity contribution < 1.29 is 17.9 Å². The molecule has 0 amide bonds. The molecule has 0 unspecified atom stereocenters. The molecule has 22 heavy (non-hydrogen) atoms. The van der Waals surface area contributed by atoms with Crippen LogP contribution in [0, 0.1) is 0 Å². The van der Waals surface area contributed by atoms with Crippen LogP contribution in [0.15, 0.2) is 24.3 Å². The minimum Gasteiger partial charge on any atom is -0.381 e. The first kappa shape index (κ1) is 17.2. The lowest BCUT2D eigenvalue weighted by Crippen LogP contribution is -2.46. The van der Waals surface area contributed by atoms with Crippen molar-refractivity contribution in [2.75, 3.05) is 37.8 Å².